The monoisotopic (exact) mass is 394 g/mol. The van der Waals surface area contributed by atoms with Gasteiger partial charge in [0.2, 0.25) is 0 Å². The maximum absolute atomic E-state index is 13.2. The molecule has 0 radical (unpaired) electrons. The van der Waals surface area contributed by atoms with Gasteiger partial charge in [0.1, 0.15) is 5.25 Å². The highest BCUT2D eigenvalue weighted by Crippen LogP contribution is 2.32. The quantitative estimate of drug-likeness (QED) is 0.734. The first-order valence-corrected chi connectivity index (χ1v) is 10.6. The zero-order valence-corrected chi connectivity index (χ0v) is 16.5. The number of sulfone groups is 1. The van der Waals surface area contributed by atoms with Crippen molar-refractivity contribution in [2.45, 2.75) is 30.9 Å². The van der Waals surface area contributed by atoms with Crippen LogP contribution in [0.5, 0.6) is 0 Å². The molecule has 0 unspecified atom stereocenters. The van der Waals surface area contributed by atoms with E-state index in [4.69, 9.17) is 0 Å². The fraction of sp³-hybridized carbons (Fsp3) is 0.333. The molecule has 0 fully saturated rings. The normalized spacial score (nSPS) is 12.4. The highest BCUT2D eigenvalue weighted by molar-refractivity contribution is 7.91. The maximum atomic E-state index is 13.2. The Labute approximate surface area is 157 Å². The lowest BCUT2D eigenvalue weighted by Crippen LogP contribution is -2.42. The first-order valence-electron chi connectivity index (χ1n) is 8.18. The van der Waals surface area contributed by atoms with E-state index in [1.807, 2.05) is 13.8 Å². The highest BCUT2D eigenvalue weighted by Gasteiger charge is 2.31. The lowest BCUT2D eigenvalue weighted by Gasteiger charge is -2.18. The van der Waals surface area contributed by atoms with Gasteiger partial charge < -0.3 is 10.6 Å². The van der Waals surface area contributed by atoms with E-state index in [0.717, 1.165) is 11.1 Å². The first kappa shape index (κ1) is 20.1. The molecule has 2 aromatic rings. The number of rotatable bonds is 6. The highest BCUT2D eigenvalue weighted by atomic mass is 32.2. The molecule has 2 rings (SSSR count). The second kappa shape index (κ2) is 8.46. The van der Waals surface area contributed by atoms with Crippen molar-refractivity contribution in [3.05, 3.63) is 51.7 Å². The summed E-state index contributed by atoms with van der Waals surface area (Å²) in [5, 5.41) is 5.65. The Bertz CT molecular complexity index is 890. The Morgan fingerprint density at radius 3 is 2.35 bits per heavy atom. The zero-order valence-electron chi connectivity index (χ0n) is 14.9. The summed E-state index contributed by atoms with van der Waals surface area (Å²) < 4.78 is 26.3. The van der Waals surface area contributed by atoms with Crippen LogP contribution in [0.25, 0.3) is 0 Å². The summed E-state index contributed by atoms with van der Waals surface area (Å²) in [6.07, 6.45) is 0. The third kappa shape index (κ3) is 4.50. The van der Waals surface area contributed by atoms with Crippen LogP contribution in [0, 0.1) is 13.8 Å². The van der Waals surface area contributed by atoms with Crippen molar-refractivity contribution in [3.63, 3.8) is 0 Å². The average Bonchev–Trinajstić information content (AvgIpc) is 3.11. The van der Waals surface area contributed by atoms with Gasteiger partial charge in [-0.05, 0) is 55.5 Å². The first-order chi connectivity index (χ1) is 12.3. The van der Waals surface area contributed by atoms with Gasteiger partial charge in [0.05, 0.1) is 4.90 Å². The lowest BCUT2D eigenvalue weighted by molar-refractivity contribution is -0.139. The average molecular weight is 395 g/mol. The molecule has 1 aromatic heterocycles. The molecule has 2 N–H and O–H groups in total. The molecule has 0 saturated carbocycles. The van der Waals surface area contributed by atoms with E-state index in [1.54, 1.807) is 42.6 Å². The van der Waals surface area contributed by atoms with Crippen molar-refractivity contribution in [3.8, 4) is 0 Å². The molecular weight excluding hydrogens is 372 g/mol. The number of hydrogen-bond acceptors (Lipinski definition) is 5. The Morgan fingerprint density at radius 1 is 1.08 bits per heavy atom. The van der Waals surface area contributed by atoms with Crippen LogP contribution in [0.1, 0.15) is 28.2 Å². The molecule has 8 heteroatoms. The molecule has 0 spiro atoms. The van der Waals surface area contributed by atoms with Crippen LogP contribution >= 0.6 is 11.3 Å². The molecule has 1 atom stereocenters. The Balaban J connectivity index is 2.31. The Hall–Kier alpha value is -2.19. The van der Waals surface area contributed by atoms with Crippen LogP contribution in [-0.4, -0.2) is 33.3 Å². The number of carbonyl (C=O) groups excluding carboxylic acids is 2. The van der Waals surface area contributed by atoms with Crippen LogP contribution in [0.2, 0.25) is 0 Å². The van der Waals surface area contributed by atoms with Gasteiger partial charge in [0.15, 0.2) is 9.84 Å². The predicted molar refractivity (Wildman–Crippen MR) is 102 cm³/mol. The molecule has 0 aliphatic heterocycles. The van der Waals surface area contributed by atoms with Crippen LogP contribution in [0.15, 0.2) is 40.6 Å². The van der Waals surface area contributed by atoms with Gasteiger partial charge >= 0.3 is 11.8 Å². The van der Waals surface area contributed by atoms with Gasteiger partial charge in [-0.25, -0.2) is 8.42 Å². The molecule has 1 aromatic carbocycles. The van der Waals surface area contributed by atoms with E-state index in [2.05, 4.69) is 10.6 Å². The van der Waals surface area contributed by atoms with Gasteiger partial charge in [0.25, 0.3) is 0 Å². The van der Waals surface area contributed by atoms with Crippen molar-refractivity contribution in [2.24, 2.45) is 0 Å². The molecule has 26 heavy (non-hydrogen) atoms. The van der Waals surface area contributed by atoms with E-state index < -0.39 is 26.9 Å². The minimum atomic E-state index is -3.73. The number of aryl methyl sites for hydroxylation is 2. The van der Waals surface area contributed by atoms with Gasteiger partial charge in [0, 0.05) is 18.0 Å². The number of likely N-dealkylation sites (N-methyl/N-ethyl adjacent to an activating group) is 1. The van der Waals surface area contributed by atoms with Crippen LogP contribution < -0.4 is 10.6 Å². The second-order valence-electron chi connectivity index (χ2n) is 5.86. The van der Waals surface area contributed by atoms with E-state index in [-0.39, 0.29) is 11.4 Å². The van der Waals surface area contributed by atoms with Crippen molar-refractivity contribution in [2.75, 3.05) is 13.1 Å². The molecule has 2 amide bonds. The number of carbonyl (C=O) groups is 2. The van der Waals surface area contributed by atoms with E-state index >= 15 is 0 Å². The van der Waals surface area contributed by atoms with Gasteiger partial charge in [-0.2, -0.15) is 0 Å². The summed E-state index contributed by atoms with van der Waals surface area (Å²) in [6.45, 7) is 5.61. The summed E-state index contributed by atoms with van der Waals surface area (Å²) in [5.74, 6) is -1.62. The van der Waals surface area contributed by atoms with Gasteiger partial charge in [-0.3, -0.25) is 9.59 Å². The molecular formula is C18H22N2O4S2. The maximum Gasteiger partial charge on any atom is 0.309 e. The van der Waals surface area contributed by atoms with Crippen molar-refractivity contribution in [1.82, 2.24) is 10.6 Å². The molecule has 0 saturated heterocycles. The van der Waals surface area contributed by atoms with Crippen molar-refractivity contribution in [1.29, 1.82) is 0 Å². The molecule has 140 valence electrons. The standard InChI is InChI=1S/C18H22N2O4S2/c1-4-19-17(21)18(22)20-11-16(15-6-5-9-25-15)26(23,24)14-8-7-12(2)13(3)10-14/h5-10,16H,4,11H2,1-3H3,(H,19,21)(H,20,22)/t16-/m1/s1. The Kier molecular flexibility index (Phi) is 6.55. The van der Waals surface area contributed by atoms with Crippen LogP contribution in [-0.2, 0) is 19.4 Å². The fourth-order valence-corrected chi connectivity index (χ4v) is 5.27. The molecule has 0 aliphatic carbocycles. The number of amides is 2. The molecule has 1 heterocycles. The van der Waals surface area contributed by atoms with Crippen molar-refractivity contribution < 1.29 is 18.0 Å². The van der Waals surface area contributed by atoms with E-state index in [1.165, 1.54) is 11.3 Å². The van der Waals surface area contributed by atoms with Gasteiger partial charge in [-0.1, -0.05) is 12.1 Å². The summed E-state index contributed by atoms with van der Waals surface area (Å²) in [7, 11) is -3.73. The summed E-state index contributed by atoms with van der Waals surface area (Å²) in [4.78, 5) is 24.2. The van der Waals surface area contributed by atoms with Crippen molar-refractivity contribution >= 4 is 33.0 Å². The largest absolute Gasteiger partial charge is 0.348 e. The van der Waals surface area contributed by atoms with Gasteiger partial charge in [-0.15, -0.1) is 11.3 Å². The minimum absolute atomic E-state index is 0.175. The summed E-state index contributed by atoms with van der Waals surface area (Å²) >= 11 is 1.30. The summed E-state index contributed by atoms with van der Waals surface area (Å²) in [5.41, 5.74) is 1.88. The molecule has 0 aliphatic rings. The molecule has 0 bridgehead atoms. The number of benzene rings is 1. The SMILES string of the molecule is CCNC(=O)C(=O)NC[C@H](c1cccs1)S(=O)(=O)c1ccc(C)c(C)c1. The van der Waals surface area contributed by atoms with Crippen LogP contribution in [0.3, 0.4) is 0 Å². The zero-order chi connectivity index (χ0) is 19.3. The summed E-state index contributed by atoms with van der Waals surface area (Å²) in [6, 6.07) is 8.45. The molecule has 6 nitrogen and oxygen atoms in total. The third-order valence-corrected chi connectivity index (χ3v) is 7.25. The fourth-order valence-electron chi connectivity index (χ4n) is 2.40. The predicted octanol–water partition coefficient (Wildman–Crippen LogP) is 2.13. The Morgan fingerprint density at radius 2 is 1.77 bits per heavy atom. The van der Waals surface area contributed by atoms with E-state index in [0.29, 0.717) is 11.4 Å². The second-order valence-corrected chi connectivity index (χ2v) is 8.97. The number of hydrogen-bond donors (Lipinski definition) is 2. The van der Waals surface area contributed by atoms with Crippen LogP contribution in [0.4, 0.5) is 0 Å². The smallest absolute Gasteiger partial charge is 0.309 e. The topological polar surface area (TPSA) is 92.3 Å². The third-order valence-electron chi connectivity index (χ3n) is 4.03. The van der Waals surface area contributed by atoms with E-state index in [9.17, 15) is 18.0 Å². The number of thiophene rings is 1. The lowest BCUT2D eigenvalue weighted by atomic mass is 10.1. The number of nitrogens with one attached hydrogen (secondary N) is 2. The minimum Gasteiger partial charge on any atom is -0.348 e.